The fourth-order valence-electron chi connectivity index (χ4n) is 10.8. The van der Waals surface area contributed by atoms with Gasteiger partial charge < -0.3 is 20.3 Å². The highest BCUT2D eigenvalue weighted by atomic mass is 16.5. The normalized spacial score (nSPS) is 12.7. The molecule has 77 heavy (non-hydrogen) atoms. The third kappa shape index (κ3) is 63.1. The molecule has 0 aliphatic heterocycles. The molecule has 0 bridgehead atoms. The van der Waals surface area contributed by atoms with E-state index in [0.29, 0.717) is 25.9 Å². The van der Waals surface area contributed by atoms with Gasteiger partial charge in [0, 0.05) is 12.8 Å². The van der Waals surface area contributed by atoms with Crippen molar-refractivity contribution in [3.8, 4) is 0 Å². The second-order valence-corrected chi connectivity index (χ2v) is 23.9. The van der Waals surface area contributed by atoms with Crippen LogP contribution >= 0.6 is 0 Å². The monoisotopic (exact) mass is 1080 g/mol. The number of hydrogen-bond donors (Lipinski definition) is 3. The number of aliphatic hydroxyl groups is 2. The molecule has 0 radical (unpaired) electrons. The van der Waals surface area contributed by atoms with E-state index >= 15 is 0 Å². The zero-order chi connectivity index (χ0) is 55.7. The Hall–Kier alpha value is -1.92. The fraction of sp³-hybridized carbons (Fsp3) is 0.887. The molecule has 0 fully saturated rings. The summed E-state index contributed by atoms with van der Waals surface area (Å²) in [5.74, 6) is -0.0252. The van der Waals surface area contributed by atoms with E-state index in [0.717, 1.165) is 51.4 Å². The summed E-state index contributed by atoms with van der Waals surface area (Å²) in [6.07, 6.45) is 85.1. The Bertz CT molecular complexity index is 1250. The SMILES string of the molecule is CCCC/C=C\C/C=C\CCCCCCCC(=O)OCCCCCCCCCCCCCCCCCC/C=C\CCCCCCCCCCCCCCCCCCCC(=O)NC(CO)C(O)CCCCCCCCCCC. The second kappa shape index (κ2) is 66.6. The molecule has 3 N–H and O–H groups in total. The number of carbonyl (C=O) groups is 2. The number of rotatable bonds is 65. The van der Waals surface area contributed by atoms with Crippen LogP contribution in [0.5, 0.6) is 0 Å². The summed E-state index contributed by atoms with van der Waals surface area (Å²) in [6, 6.07) is -0.536. The van der Waals surface area contributed by atoms with Crippen LogP contribution in [0.15, 0.2) is 36.5 Å². The third-order valence-electron chi connectivity index (χ3n) is 16.2. The number of amides is 1. The van der Waals surface area contributed by atoms with E-state index in [1.807, 2.05) is 0 Å². The lowest BCUT2D eigenvalue weighted by Gasteiger charge is -2.22. The van der Waals surface area contributed by atoms with Gasteiger partial charge in [0.05, 0.1) is 25.4 Å². The van der Waals surface area contributed by atoms with Gasteiger partial charge in [0.15, 0.2) is 0 Å². The van der Waals surface area contributed by atoms with Gasteiger partial charge in [-0.15, -0.1) is 0 Å². The van der Waals surface area contributed by atoms with Crippen molar-refractivity contribution < 1.29 is 24.5 Å². The summed E-state index contributed by atoms with van der Waals surface area (Å²) in [6.45, 7) is 4.91. The van der Waals surface area contributed by atoms with Crippen LogP contribution in [-0.4, -0.2) is 47.4 Å². The van der Waals surface area contributed by atoms with Gasteiger partial charge in [-0.05, 0) is 77.0 Å². The number of nitrogens with one attached hydrogen (secondary N) is 1. The molecule has 6 nitrogen and oxygen atoms in total. The van der Waals surface area contributed by atoms with Crippen LogP contribution in [-0.2, 0) is 14.3 Å². The van der Waals surface area contributed by atoms with Crippen LogP contribution < -0.4 is 5.32 Å². The summed E-state index contributed by atoms with van der Waals surface area (Å²) in [4.78, 5) is 24.5. The number of unbranched alkanes of at least 4 members (excludes halogenated alkanes) is 48. The summed E-state index contributed by atoms with van der Waals surface area (Å²) >= 11 is 0. The highest BCUT2D eigenvalue weighted by Gasteiger charge is 2.20. The molecular weight excluding hydrogens is 947 g/mol. The van der Waals surface area contributed by atoms with E-state index in [4.69, 9.17) is 4.74 Å². The first-order valence-corrected chi connectivity index (χ1v) is 34.7. The molecule has 0 heterocycles. The molecule has 454 valence electrons. The summed E-state index contributed by atoms with van der Waals surface area (Å²) < 4.78 is 5.48. The fourth-order valence-corrected chi connectivity index (χ4v) is 10.8. The Labute approximate surface area is 481 Å². The molecule has 0 saturated heterocycles. The minimum absolute atomic E-state index is 0.00682. The largest absolute Gasteiger partial charge is 0.466 e. The predicted molar refractivity (Wildman–Crippen MR) is 338 cm³/mol. The van der Waals surface area contributed by atoms with E-state index in [1.54, 1.807) is 0 Å². The zero-order valence-corrected chi connectivity index (χ0v) is 52.0. The first-order valence-electron chi connectivity index (χ1n) is 34.7. The van der Waals surface area contributed by atoms with Gasteiger partial charge in [-0.2, -0.15) is 0 Å². The average Bonchev–Trinajstić information content (AvgIpc) is 3.43. The molecule has 0 aromatic rings. The standard InChI is InChI=1S/C71H135NO5/c1-3-5-7-9-11-13-14-15-42-45-49-53-57-61-65-71(76)77-66-62-58-54-50-46-43-40-38-36-34-32-30-28-26-24-22-20-18-16-17-19-21-23-25-27-29-31-33-35-37-39-41-44-48-52-56-60-64-70(75)72-68(67-73)69(74)63-59-55-51-47-12-10-8-6-4-2/h9,11,14-16,18,68-69,73-74H,3-8,10,12-13,17,19-67H2,1-2H3,(H,72,75)/b11-9-,15-14-,18-16-. The molecule has 2 atom stereocenters. The maximum absolute atomic E-state index is 12.4. The number of esters is 1. The lowest BCUT2D eigenvalue weighted by molar-refractivity contribution is -0.143. The van der Waals surface area contributed by atoms with Gasteiger partial charge in [0.25, 0.3) is 0 Å². The minimum atomic E-state index is -0.659. The molecule has 0 spiro atoms. The number of ether oxygens (including phenoxy) is 1. The van der Waals surface area contributed by atoms with Crippen molar-refractivity contribution in [2.24, 2.45) is 0 Å². The molecule has 1 amide bonds. The molecule has 0 aliphatic rings. The van der Waals surface area contributed by atoms with Crippen molar-refractivity contribution in [3.05, 3.63) is 36.5 Å². The van der Waals surface area contributed by atoms with Crippen LogP contribution in [0.1, 0.15) is 380 Å². The van der Waals surface area contributed by atoms with Crippen LogP contribution in [0.25, 0.3) is 0 Å². The van der Waals surface area contributed by atoms with Crippen molar-refractivity contribution in [3.63, 3.8) is 0 Å². The minimum Gasteiger partial charge on any atom is -0.466 e. The predicted octanol–water partition coefficient (Wildman–Crippen LogP) is 22.3. The van der Waals surface area contributed by atoms with Gasteiger partial charge in [-0.25, -0.2) is 0 Å². The summed E-state index contributed by atoms with van der Waals surface area (Å²) in [7, 11) is 0. The molecule has 0 saturated carbocycles. The first kappa shape index (κ1) is 75.1. The Balaban J connectivity index is 3.30. The zero-order valence-electron chi connectivity index (χ0n) is 52.0. The lowest BCUT2D eigenvalue weighted by atomic mass is 10.0. The van der Waals surface area contributed by atoms with Gasteiger partial charge >= 0.3 is 5.97 Å². The van der Waals surface area contributed by atoms with Gasteiger partial charge in [-0.3, -0.25) is 9.59 Å². The average molecular weight is 1080 g/mol. The third-order valence-corrected chi connectivity index (χ3v) is 16.2. The molecule has 6 heteroatoms. The van der Waals surface area contributed by atoms with Gasteiger partial charge in [0.2, 0.25) is 5.91 Å². The quantitative estimate of drug-likeness (QED) is 0.0320. The summed E-state index contributed by atoms with van der Waals surface area (Å²) in [5, 5.41) is 23.1. The molecule has 0 aromatic heterocycles. The number of aliphatic hydroxyl groups excluding tert-OH is 2. The second-order valence-electron chi connectivity index (χ2n) is 23.9. The topological polar surface area (TPSA) is 95.9 Å². The number of carbonyl (C=O) groups excluding carboxylic acids is 2. The maximum Gasteiger partial charge on any atom is 0.305 e. The smallest absolute Gasteiger partial charge is 0.305 e. The molecule has 0 aliphatic carbocycles. The van der Waals surface area contributed by atoms with Crippen LogP contribution in [0.3, 0.4) is 0 Å². The Morgan fingerprint density at radius 1 is 0.364 bits per heavy atom. The highest BCUT2D eigenvalue weighted by molar-refractivity contribution is 5.76. The van der Waals surface area contributed by atoms with Crippen LogP contribution in [0.4, 0.5) is 0 Å². The van der Waals surface area contributed by atoms with E-state index in [2.05, 4.69) is 55.6 Å². The van der Waals surface area contributed by atoms with Gasteiger partial charge in [-0.1, -0.05) is 326 Å². The van der Waals surface area contributed by atoms with E-state index in [-0.39, 0.29) is 18.5 Å². The van der Waals surface area contributed by atoms with Crippen molar-refractivity contribution >= 4 is 11.9 Å². The molecule has 0 aromatic carbocycles. The first-order chi connectivity index (χ1) is 38.0. The Morgan fingerprint density at radius 3 is 1.04 bits per heavy atom. The van der Waals surface area contributed by atoms with Crippen LogP contribution in [0.2, 0.25) is 0 Å². The Kier molecular flexibility index (Phi) is 64.9. The molecular formula is C71H135NO5. The number of allylic oxidation sites excluding steroid dienone is 6. The van der Waals surface area contributed by atoms with E-state index in [9.17, 15) is 19.8 Å². The van der Waals surface area contributed by atoms with Crippen molar-refractivity contribution in [1.29, 1.82) is 0 Å². The van der Waals surface area contributed by atoms with E-state index in [1.165, 1.54) is 295 Å². The molecule has 2 unspecified atom stereocenters. The van der Waals surface area contributed by atoms with Crippen LogP contribution in [0, 0.1) is 0 Å². The van der Waals surface area contributed by atoms with Crippen molar-refractivity contribution in [2.75, 3.05) is 13.2 Å². The molecule has 0 rings (SSSR count). The lowest BCUT2D eigenvalue weighted by Crippen LogP contribution is -2.45. The van der Waals surface area contributed by atoms with Gasteiger partial charge in [0.1, 0.15) is 0 Å². The maximum atomic E-state index is 12.4. The van der Waals surface area contributed by atoms with Crippen molar-refractivity contribution in [2.45, 2.75) is 392 Å². The van der Waals surface area contributed by atoms with Crippen molar-refractivity contribution in [1.82, 2.24) is 5.32 Å². The summed E-state index contributed by atoms with van der Waals surface area (Å²) in [5.41, 5.74) is 0. The highest BCUT2D eigenvalue weighted by Crippen LogP contribution is 2.18. The van der Waals surface area contributed by atoms with E-state index < -0.39 is 12.1 Å². The Morgan fingerprint density at radius 2 is 0.662 bits per heavy atom. The number of hydrogen-bond acceptors (Lipinski definition) is 5.